The predicted octanol–water partition coefficient (Wildman–Crippen LogP) is 1.80. The van der Waals surface area contributed by atoms with E-state index >= 15 is 0 Å². The van der Waals surface area contributed by atoms with Crippen molar-refractivity contribution in [1.82, 2.24) is 0 Å². The van der Waals surface area contributed by atoms with E-state index in [1.165, 1.54) is 7.11 Å². The van der Waals surface area contributed by atoms with Crippen LogP contribution in [0.3, 0.4) is 0 Å². The number of hydrogen-bond acceptors (Lipinski definition) is 3. The maximum absolute atomic E-state index is 13.2. The van der Waals surface area contributed by atoms with Crippen LogP contribution in [0.15, 0.2) is 12.1 Å². The van der Waals surface area contributed by atoms with E-state index in [0.29, 0.717) is 0 Å². The summed E-state index contributed by atoms with van der Waals surface area (Å²) in [6, 6.07) is 1.64. The molecule has 0 unspecified atom stereocenters. The summed E-state index contributed by atoms with van der Waals surface area (Å²) in [6.07, 6.45) is 0.247. The van der Waals surface area contributed by atoms with Crippen LogP contribution in [0.1, 0.15) is 10.4 Å². The van der Waals surface area contributed by atoms with Crippen molar-refractivity contribution in [3.8, 4) is 5.75 Å². The van der Waals surface area contributed by atoms with Gasteiger partial charge in [-0.1, -0.05) is 0 Å². The first kappa shape index (κ1) is 11.6. The van der Waals surface area contributed by atoms with Crippen molar-refractivity contribution in [3.63, 3.8) is 0 Å². The van der Waals surface area contributed by atoms with Gasteiger partial charge in [0, 0.05) is 13.2 Å². The largest absolute Gasteiger partial charge is 0.488 e. The first-order valence-electron chi connectivity index (χ1n) is 4.25. The third kappa shape index (κ3) is 2.99. The van der Waals surface area contributed by atoms with E-state index in [1.54, 1.807) is 0 Å². The van der Waals surface area contributed by atoms with Gasteiger partial charge in [-0.3, -0.25) is 4.79 Å². The Kier molecular flexibility index (Phi) is 4.17. The maximum Gasteiger partial charge on any atom is 0.165 e. The van der Waals surface area contributed by atoms with Crippen LogP contribution in [0, 0.1) is 11.6 Å². The smallest absolute Gasteiger partial charge is 0.165 e. The minimum absolute atomic E-state index is 0.118. The van der Waals surface area contributed by atoms with Crippen LogP contribution in [0.5, 0.6) is 5.75 Å². The van der Waals surface area contributed by atoms with E-state index in [0.717, 1.165) is 12.1 Å². The number of halogens is 2. The van der Waals surface area contributed by atoms with Crippen molar-refractivity contribution in [3.05, 3.63) is 29.3 Å². The molecular formula is C10H10F2O3. The average molecular weight is 216 g/mol. The van der Waals surface area contributed by atoms with E-state index in [2.05, 4.69) is 4.74 Å². The second kappa shape index (κ2) is 5.41. The molecule has 0 aliphatic rings. The predicted molar refractivity (Wildman–Crippen MR) is 49.1 cm³/mol. The topological polar surface area (TPSA) is 35.5 Å². The summed E-state index contributed by atoms with van der Waals surface area (Å²) >= 11 is 0. The molecule has 0 radical (unpaired) electrons. The molecule has 0 aromatic heterocycles. The van der Waals surface area contributed by atoms with Gasteiger partial charge in [0.1, 0.15) is 12.4 Å². The zero-order chi connectivity index (χ0) is 11.3. The highest BCUT2D eigenvalue weighted by Crippen LogP contribution is 2.20. The summed E-state index contributed by atoms with van der Waals surface area (Å²) in [7, 11) is 1.47. The highest BCUT2D eigenvalue weighted by Gasteiger charge is 2.10. The molecule has 1 aromatic rings. The third-order valence-corrected chi connectivity index (χ3v) is 1.72. The summed E-state index contributed by atoms with van der Waals surface area (Å²) in [4.78, 5) is 10.3. The van der Waals surface area contributed by atoms with Gasteiger partial charge < -0.3 is 9.47 Å². The van der Waals surface area contributed by atoms with E-state index in [4.69, 9.17) is 4.74 Å². The molecule has 0 saturated heterocycles. The van der Waals surface area contributed by atoms with E-state index in [-0.39, 0.29) is 30.8 Å². The van der Waals surface area contributed by atoms with Gasteiger partial charge in [0.25, 0.3) is 0 Å². The maximum atomic E-state index is 13.2. The fourth-order valence-corrected chi connectivity index (χ4v) is 0.980. The molecule has 0 amide bonds. The summed E-state index contributed by atoms with van der Waals surface area (Å²) in [5, 5.41) is 0. The van der Waals surface area contributed by atoms with Crippen LogP contribution in [0.25, 0.3) is 0 Å². The molecule has 0 bridgehead atoms. The van der Waals surface area contributed by atoms with Crippen LogP contribution in [-0.2, 0) is 4.74 Å². The van der Waals surface area contributed by atoms with Gasteiger partial charge in [0.15, 0.2) is 17.9 Å². The third-order valence-electron chi connectivity index (χ3n) is 1.72. The first-order valence-corrected chi connectivity index (χ1v) is 4.25. The molecule has 0 N–H and O–H groups in total. The van der Waals surface area contributed by atoms with Crippen molar-refractivity contribution < 1.29 is 23.0 Å². The fourth-order valence-electron chi connectivity index (χ4n) is 0.980. The Balaban J connectivity index is 2.80. The minimum Gasteiger partial charge on any atom is -0.488 e. The molecular weight excluding hydrogens is 206 g/mol. The lowest BCUT2D eigenvalue weighted by atomic mass is 10.2. The lowest BCUT2D eigenvalue weighted by Gasteiger charge is -2.07. The van der Waals surface area contributed by atoms with Gasteiger partial charge in [-0.25, -0.2) is 8.78 Å². The molecule has 0 aliphatic carbocycles. The molecule has 0 atom stereocenters. The summed E-state index contributed by atoms with van der Waals surface area (Å²) in [5.74, 6) is -1.80. The van der Waals surface area contributed by atoms with Gasteiger partial charge in [-0.2, -0.15) is 0 Å². The number of aldehydes is 1. The Labute approximate surface area is 85.6 Å². The Morgan fingerprint density at radius 3 is 2.60 bits per heavy atom. The Morgan fingerprint density at radius 2 is 2.00 bits per heavy atom. The van der Waals surface area contributed by atoms with Gasteiger partial charge in [0.05, 0.1) is 12.2 Å². The second-order valence-corrected chi connectivity index (χ2v) is 2.76. The average Bonchev–Trinajstić information content (AvgIpc) is 2.23. The van der Waals surface area contributed by atoms with Crippen LogP contribution in [0.2, 0.25) is 0 Å². The van der Waals surface area contributed by atoms with Crippen LogP contribution >= 0.6 is 0 Å². The number of methoxy groups -OCH3 is 1. The molecule has 0 fully saturated rings. The van der Waals surface area contributed by atoms with E-state index in [1.807, 2.05) is 0 Å². The van der Waals surface area contributed by atoms with Crippen molar-refractivity contribution in [1.29, 1.82) is 0 Å². The number of carbonyl (C=O) groups is 1. The van der Waals surface area contributed by atoms with Crippen LogP contribution in [-0.4, -0.2) is 26.6 Å². The van der Waals surface area contributed by atoms with E-state index in [9.17, 15) is 13.6 Å². The van der Waals surface area contributed by atoms with Gasteiger partial charge in [-0.05, 0) is 6.07 Å². The lowest BCUT2D eigenvalue weighted by molar-refractivity contribution is 0.111. The zero-order valence-electron chi connectivity index (χ0n) is 8.13. The summed E-state index contributed by atoms with van der Waals surface area (Å²) in [5.41, 5.74) is -0.327. The molecule has 5 heteroatoms. The SMILES string of the molecule is COCCOc1cc(F)c(C=O)cc1F. The molecule has 3 nitrogen and oxygen atoms in total. The second-order valence-electron chi connectivity index (χ2n) is 2.76. The molecule has 0 saturated carbocycles. The summed E-state index contributed by atoms with van der Waals surface area (Å²) in [6.45, 7) is 0.393. The summed E-state index contributed by atoms with van der Waals surface area (Å²) < 4.78 is 35.8. The normalized spacial score (nSPS) is 10.1. The van der Waals surface area contributed by atoms with Crippen molar-refractivity contribution in [2.75, 3.05) is 20.3 Å². The number of hydrogen-bond donors (Lipinski definition) is 0. The quantitative estimate of drug-likeness (QED) is 0.556. The fraction of sp³-hybridized carbons (Fsp3) is 0.300. The Bertz CT molecular complexity index is 353. The molecule has 0 spiro atoms. The molecule has 1 aromatic carbocycles. The molecule has 82 valence electrons. The highest BCUT2D eigenvalue weighted by atomic mass is 19.1. The standard InChI is InChI=1S/C10H10F2O3/c1-14-2-3-15-10-5-8(11)7(6-13)4-9(10)12/h4-6H,2-3H2,1H3. The lowest BCUT2D eigenvalue weighted by Crippen LogP contribution is -2.06. The number of benzene rings is 1. The number of rotatable bonds is 5. The van der Waals surface area contributed by atoms with Crippen molar-refractivity contribution >= 4 is 6.29 Å². The Morgan fingerprint density at radius 1 is 1.27 bits per heavy atom. The monoisotopic (exact) mass is 216 g/mol. The van der Waals surface area contributed by atoms with Gasteiger partial charge in [-0.15, -0.1) is 0 Å². The van der Waals surface area contributed by atoms with Crippen molar-refractivity contribution in [2.45, 2.75) is 0 Å². The molecule has 15 heavy (non-hydrogen) atoms. The van der Waals surface area contributed by atoms with Crippen molar-refractivity contribution in [2.24, 2.45) is 0 Å². The molecule has 1 rings (SSSR count). The zero-order valence-corrected chi connectivity index (χ0v) is 8.13. The molecule has 0 heterocycles. The van der Waals surface area contributed by atoms with Crippen LogP contribution < -0.4 is 4.74 Å². The number of ether oxygens (including phenoxy) is 2. The number of carbonyl (C=O) groups excluding carboxylic acids is 1. The van der Waals surface area contributed by atoms with E-state index < -0.39 is 11.6 Å². The first-order chi connectivity index (χ1) is 7.19. The van der Waals surface area contributed by atoms with Gasteiger partial charge >= 0.3 is 0 Å². The minimum atomic E-state index is -0.807. The Hall–Kier alpha value is -1.49. The highest BCUT2D eigenvalue weighted by molar-refractivity contribution is 5.75. The van der Waals surface area contributed by atoms with Crippen LogP contribution in [0.4, 0.5) is 8.78 Å². The van der Waals surface area contributed by atoms with Gasteiger partial charge in [0.2, 0.25) is 0 Å². The molecule has 0 aliphatic heterocycles.